The van der Waals surface area contributed by atoms with Crippen molar-refractivity contribution in [2.45, 2.75) is 44.8 Å². The molecule has 3 atom stereocenters. The van der Waals surface area contributed by atoms with Gasteiger partial charge < -0.3 is 14.7 Å². The van der Waals surface area contributed by atoms with Gasteiger partial charge in [-0.05, 0) is 61.5 Å². The third kappa shape index (κ3) is 3.11. The van der Waals surface area contributed by atoms with E-state index in [9.17, 15) is 9.90 Å². The number of halogens is 1. The van der Waals surface area contributed by atoms with Crippen LogP contribution in [0.4, 0.5) is 4.79 Å². The Kier molecular flexibility index (Phi) is 4.17. The number of nitrogens with zero attached hydrogens (tertiary/aromatic N) is 2. The van der Waals surface area contributed by atoms with Crippen LogP contribution in [0.3, 0.4) is 0 Å². The average molecular weight is 383 g/mol. The Balaban J connectivity index is 1.79. The van der Waals surface area contributed by atoms with Crippen LogP contribution in [0, 0.1) is 11.8 Å². The summed E-state index contributed by atoms with van der Waals surface area (Å²) in [6, 6.07) is 1.86. The van der Waals surface area contributed by atoms with Crippen molar-refractivity contribution in [2.24, 2.45) is 11.8 Å². The number of pyridine rings is 1. The Morgan fingerprint density at radius 1 is 1.48 bits per heavy atom. The van der Waals surface area contributed by atoms with E-state index < -0.39 is 11.2 Å². The van der Waals surface area contributed by atoms with Gasteiger partial charge in [-0.15, -0.1) is 0 Å². The Morgan fingerprint density at radius 3 is 2.87 bits per heavy atom. The fourth-order valence-electron chi connectivity index (χ4n) is 3.83. The summed E-state index contributed by atoms with van der Waals surface area (Å²) in [5, 5.41) is 11.3. The second-order valence-electron chi connectivity index (χ2n) is 7.57. The van der Waals surface area contributed by atoms with E-state index in [4.69, 9.17) is 4.74 Å². The summed E-state index contributed by atoms with van der Waals surface area (Å²) >= 11 is 3.49. The zero-order valence-corrected chi connectivity index (χ0v) is 15.3. The highest BCUT2D eigenvalue weighted by Gasteiger charge is 2.54. The lowest BCUT2D eigenvalue weighted by molar-refractivity contribution is -0.0108. The molecule has 1 amide bonds. The smallest absolute Gasteiger partial charge is 0.410 e. The summed E-state index contributed by atoms with van der Waals surface area (Å²) in [5.41, 5.74) is -0.548. The molecule has 1 aliphatic heterocycles. The molecule has 5 nitrogen and oxygen atoms in total. The molecule has 1 saturated carbocycles. The first-order valence-corrected chi connectivity index (χ1v) is 8.80. The minimum Gasteiger partial charge on any atom is -0.444 e. The van der Waals surface area contributed by atoms with Crippen molar-refractivity contribution in [1.82, 2.24) is 9.88 Å². The van der Waals surface area contributed by atoms with Crippen LogP contribution in [0.2, 0.25) is 0 Å². The van der Waals surface area contributed by atoms with Crippen LogP contribution in [0.25, 0.3) is 0 Å². The van der Waals surface area contributed by atoms with Crippen LogP contribution in [0.15, 0.2) is 22.9 Å². The topological polar surface area (TPSA) is 62.7 Å². The highest BCUT2D eigenvalue weighted by molar-refractivity contribution is 9.10. The fraction of sp³-hybridized carbons (Fsp3) is 0.647. The maximum Gasteiger partial charge on any atom is 0.410 e. The minimum absolute atomic E-state index is 0.0359. The van der Waals surface area contributed by atoms with Gasteiger partial charge in [0.15, 0.2) is 0 Å². The van der Waals surface area contributed by atoms with Gasteiger partial charge >= 0.3 is 6.09 Å². The molecule has 0 bridgehead atoms. The van der Waals surface area contributed by atoms with Crippen LogP contribution in [0.5, 0.6) is 0 Å². The van der Waals surface area contributed by atoms with Gasteiger partial charge in [-0.1, -0.05) is 0 Å². The van der Waals surface area contributed by atoms with Crippen molar-refractivity contribution >= 4 is 22.0 Å². The highest BCUT2D eigenvalue weighted by Crippen LogP contribution is 2.51. The van der Waals surface area contributed by atoms with Crippen LogP contribution in [0.1, 0.15) is 39.2 Å². The average Bonchev–Trinajstić information content (AvgIpc) is 2.99. The van der Waals surface area contributed by atoms with Gasteiger partial charge in [0.05, 0.1) is 5.60 Å². The quantitative estimate of drug-likeness (QED) is 0.808. The number of hydrogen-bond donors (Lipinski definition) is 1. The molecule has 3 rings (SSSR count). The Hall–Kier alpha value is -1.14. The zero-order valence-electron chi connectivity index (χ0n) is 13.8. The summed E-state index contributed by atoms with van der Waals surface area (Å²) in [5.74, 6) is 0.348. The van der Waals surface area contributed by atoms with Gasteiger partial charge in [0.1, 0.15) is 5.60 Å². The molecule has 2 fully saturated rings. The molecule has 2 heterocycles. The summed E-state index contributed by atoms with van der Waals surface area (Å²) in [7, 11) is 0. The third-order valence-corrected chi connectivity index (χ3v) is 5.47. The van der Waals surface area contributed by atoms with E-state index in [1.165, 1.54) is 0 Å². The number of ether oxygens (including phenoxy) is 1. The molecule has 0 aromatic carbocycles. The van der Waals surface area contributed by atoms with E-state index in [2.05, 4.69) is 20.9 Å². The fourth-order valence-corrected chi connectivity index (χ4v) is 4.43. The van der Waals surface area contributed by atoms with E-state index >= 15 is 0 Å². The monoisotopic (exact) mass is 382 g/mol. The molecule has 6 heteroatoms. The van der Waals surface area contributed by atoms with E-state index in [1.54, 1.807) is 17.3 Å². The lowest BCUT2D eigenvalue weighted by Crippen LogP contribution is -2.39. The Labute approximate surface area is 145 Å². The SMILES string of the molecule is CC(C)(C)OC(=O)N1CC2CCC(O)(c3ccncc3Br)C2C1. The Morgan fingerprint density at radius 2 is 2.22 bits per heavy atom. The van der Waals surface area contributed by atoms with Crippen molar-refractivity contribution < 1.29 is 14.6 Å². The van der Waals surface area contributed by atoms with Crippen LogP contribution >= 0.6 is 15.9 Å². The van der Waals surface area contributed by atoms with Crippen molar-refractivity contribution in [2.75, 3.05) is 13.1 Å². The van der Waals surface area contributed by atoms with Gasteiger partial charge in [0.2, 0.25) is 0 Å². The van der Waals surface area contributed by atoms with Gasteiger partial charge in [0, 0.05) is 41.4 Å². The summed E-state index contributed by atoms with van der Waals surface area (Å²) in [4.78, 5) is 18.1. The van der Waals surface area contributed by atoms with Crippen LogP contribution < -0.4 is 0 Å². The van der Waals surface area contributed by atoms with Gasteiger partial charge in [-0.3, -0.25) is 4.98 Å². The second kappa shape index (κ2) is 5.74. The number of carbonyl (C=O) groups is 1. The molecular weight excluding hydrogens is 360 g/mol. The highest BCUT2D eigenvalue weighted by atomic mass is 79.9. The predicted octanol–water partition coefficient (Wildman–Crippen LogP) is 3.31. The molecule has 1 aromatic rings. The van der Waals surface area contributed by atoms with Gasteiger partial charge in [-0.25, -0.2) is 4.79 Å². The first-order chi connectivity index (χ1) is 10.7. The molecule has 1 aromatic heterocycles. The Bertz CT molecular complexity index is 616. The second-order valence-corrected chi connectivity index (χ2v) is 8.42. The normalized spacial score (nSPS) is 30.4. The standard InChI is InChI=1S/C17H23BrN2O3/c1-16(2,3)23-15(21)20-9-11-4-6-17(22,13(11)10-20)12-5-7-19-8-14(12)18/h5,7-8,11,13,22H,4,6,9-10H2,1-3H3. The first-order valence-electron chi connectivity index (χ1n) is 8.01. The van der Waals surface area contributed by atoms with E-state index in [-0.39, 0.29) is 12.0 Å². The molecule has 3 unspecified atom stereocenters. The number of fused-ring (bicyclic) bond motifs is 1. The van der Waals surface area contributed by atoms with E-state index in [1.807, 2.05) is 26.8 Å². The molecule has 0 spiro atoms. The molecule has 126 valence electrons. The van der Waals surface area contributed by atoms with Crippen molar-refractivity contribution in [3.63, 3.8) is 0 Å². The maximum absolute atomic E-state index is 12.3. The summed E-state index contributed by atoms with van der Waals surface area (Å²) in [6.07, 6.45) is 4.75. The van der Waals surface area contributed by atoms with Crippen molar-refractivity contribution in [3.05, 3.63) is 28.5 Å². The lowest BCUT2D eigenvalue weighted by Gasteiger charge is -2.31. The summed E-state index contributed by atoms with van der Waals surface area (Å²) in [6.45, 7) is 6.79. The number of aromatic nitrogens is 1. The molecule has 1 aliphatic carbocycles. The molecule has 0 radical (unpaired) electrons. The van der Waals surface area contributed by atoms with E-state index in [0.29, 0.717) is 25.4 Å². The molecule has 2 aliphatic rings. The maximum atomic E-state index is 12.3. The van der Waals surface area contributed by atoms with Gasteiger partial charge in [-0.2, -0.15) is 0 Å². The van der Waals surface area contributed by atoms with Crippen LogP contribution in [-0.4, -0.2) is 39.8 Å². The van der Waals surface area contributed by atoms with Crippen LogP contribution in [-0.2, 0) is 10.3 Å². The zero-order chi connectivity index (χ0) is 16.8. The predicted molar refractivity (Wildman–Crippen MR) is 89.9 cm³/mol. The molecule has 23 heavy (non-hydrogen) atoms. The number of amides is 1. The molecule has 1 N–H and O–H groups in total. The lowest BCUT2D eigenvalue weighted by atomic mass is 9.83. The number of carbonyl (C=O) groups excluding carboxylic acids is 1. The number of hydrogen-bond acceptors (Lipinski definition) is 4. The van der Waals surface area contributed by atoms with Crippen molar-refractivity contribution in [3.8, 4) is 0 Å². The van der Waals surface area contributed by atoms with Gasteiger partial charge in [0.25, 0.3) is 0 Å². The first kappa shape index (κ1) is 16.7. The number of rotatable bonds is 1. The number of aliphatic hydroxyl groups is 1. The largest absolute Gasteiger partial charge is 0.444 e. The molecule has 1 saturated heterocycles. The minimum atomic E-state index is -0.913. The van der Waals surface area contributed by atoms with E-state index in [0.717, 1.165) is 16.5 Å². The molecular formula is C17H23BrN2O3. The summed E-state index contributed by atoms with van der Waals surface area (Å²) < 4.78 is 6.29. The third-order valence-electron chi connectivity index (χ3n) is 4.84. The van der Waals surface area contributed by atoms with Crippen molar-refractivity contribution in [1.29, 1.82) is 0 Å². The number of likely N-dealkylation sites (tertiary alicyclic amines) is 1.